The maximum atomic E-state index is 13.2. The van der Waals surface area contributed by atoms with Crippen LogP contribution >= 0.6 is 11.8 Å². The first-order valence-electron chi connectivity index (χ1n) is 6.45. The number of hydrogen-bond donors (Lipinski definition) is 2. The lowest BCUT2D eigenvalue weighted by Crippen LogP contribution is -2.05. The van der Waals surface area contributed by atoms with E-state index < -0.39 is 0 Å². The molecule has 2 nitrogen and oxygen atoms in total. The quantitative estimate of drug-likeness (QED) is 0.753. The summed E-state index contributed by atoms with van der Waals surface area (Å²) in [7, 11) is 1.94. The number of H-pyrrole nitrogens is 1. The number of nitrogens with one attached hydrogen (secondary N) is 2. The molecule has 0 atom stereocenters. The zero-order valence-corrected chi connectivity index (χ0v) is 11.9. The van der Waals surface area contributed by atoms with Crippen LogP contribution in [0.1, 0.15) is 5.56 Å². The number of aromatic nitrogens is 1. The fourth-order valence-corrected chi connectivity index (χ4v) is 3.28. The van der Waals surface area contributed by atoms with Crippen LogP contribution < -0.4 is 5.32 Å². The van der Waals surface area contributed by atoms with Crippen molar-refractivity contribution < 1.29 is 4.39 Å². The third-order valence-electron chi connectivity index (χ3n) is 3.17. The van der Waals surface area contributed by atoms with Gasteiger partial charge in [-0.05, 0) is 36.9 Å². The number of rotatable bonds is 4. The summed E-state index contributed by atoms with van der Waals surface area (Å²) in [4.78, 5) is 5.45. The Morgan fingerprint density at radius 1 is 1.15 bits per heavy atom. The smallest absolute Gasteiger partial charge is 0.125 e. The first-order chi connectivity index (χ1) is 9.78. The van der Waals surface area contributed by atoms with Gasteiger partial charge in [-0.25, -0.2) is 4.39 Å². The van der Waals surface area contributed by atoms with Gasteiger partial charge in [0, 0.05) is 33.4 Å². The van der Waals surface area contributed by atoms with Gasteiger partial charge in [-0.1, -0.05) is 30.0 Å². The molecule has 0 saturated carbocycles. The summed E-state index contributed by atoms with van der Waals surface area (Å²) < 4.78 is 13.2. The molecule has 4 heteroatoms. The average Bonchev–Trinajstić information content (AvgIpc) is 2.83. The highest BCUT2D eigenvalue weighted by Crippen LogP contribution is 2.35. The van der Waals surface area contributed by atoms with Gasteiger partial charge in [0.05, 0.1) is 0 Å². The minimum Gasteiger partial charge on any atom is -0.360 e. The van der Waals surface area contributed by atoms with E-state index in [1.807, 2.05) is 31.4 Å². The SMILES string of the molecule is CNCc1ccccc1Sc1c[nH]c2cc(F)ccc12. The van der Waals surface area contributed by atoms with E-state index in [-0.39, 0.29) is 5.82 Å². The summed E-state index contributed by atoms with van der Waals surface area (Å²) in [6.45, 7) is 0.833. The van der Waals surface area contributed by atoms with Crippen LogP contribution in [-0.4, -0.2) is 12.0 Å². The van der Waals surface area contributed by atoms with E-state index in [1.165, 1.54) is 22.6 Å². The van der Waals surface area contributed by atoms with E-state index in [0.717, 1.165) is 22.3 Å². The Labute approximate surface area is 121 Å². The maximum absolute atomic E-state index is 13.2. The molecule has 0 saturated heterocycles. The highest BCUT2D eigenvalue weighted by atomic mass is 32.2. The van der Waals surface area contributed by atoms with E-state index in [0.29, 0.717) is 0 Å². The molecule has 0 bridgehead atoms. The van der Waals surface area contributed by atoms with Crippen molar-refractivity contribution in [2.75, 3.05) is 7.05 Å². The zero-order valence-electron chi connectivity index (χ0n) is 11.1. The van der Waals surface area contributed by atoms with Crippen LogP contribution in [0.4, 0.5) is 4.39 Å². The van der Waals surface area contributed by atoms with Crippen molar-refractivity contribution in [1.29, 1.82) is 0 Å². The summed E-state index contributed by atoms with van der Waals surface area (Å²) in [5, 5.41) is 4.23. The van der Waals surface area contributed by atoms with Crippen LogP contribution in [0.25, 0.3) is 10.9 Å². The number of fused-ring (bicyclic) bond motifs is 1. The van der Waals surface area contributed by atoms with Gasteiger partial charge >= 0.3 is 0 Å². The molecule has 0 unspecified atom stereocenters. The number of hydrogen-bond acceptors (Lipinski definition) is 2. The molecule has 0 fully saturated rings. The lowest BCUT2D eigenvalue weighted by atomic mass is 10.2. The van der Waals surface area contributed by atoms with Crippen molar-refractivity contribution in [2.45, 2.75) is 16.3 Å². The van der Waals surface area contributed by atoms with Crippen molar-refractivity contribution in [3.8, 4) is 0 Å². The van der Waals surface area contributed by atoms with Gasteiger partial charge < -0.3 is 10.3 Å². The molecule has 1 aromatic heterocycles. The number of aromatic amines is 1. The molecular weight excluding hydrogens is 271 g/mol. The summed E-state index contributed by atoms with van der Waals surface area (Å²) >= 11 is 1.70. The fourth-order valence-electron chi connectivity index (χ4n) is 2.21. The van der Waals surface area contributed by atoms with Crippen molar-refractivity contribution in [3.63, 3.8) is 0 Å². The molecule has 1 heterocycles. The van der Waals surface area contributed by atoms with Gasteiger partial charge in [0.2, 0.25) is 0 Å². The van der Waals surface area contributed by atoms with Gasteiger partial charge in [-0.3, -0.25) is 0 Å². The predicted molar refractivity (Wildman–Crippen MR) is 81.6 cm³/mol. The Morgan fingerprint density at radius 3 is 2.85 bits per heavy atom. The van der Waals surface area contributed by atoms with Crippen molar-refractivity contribution in [1.82, 2.24) is 10.3 Å². The summed E-state index contributed by atoms with van der Waals surface area (Å²) in [5.41, 5.74) is 2.09. The van der Waals surface area contributed by atoms with Gasteiger partial charge in [0.1, 0.15) is 5.82 Å². The average molecular weight is 286 g/mol. The Morgan fingerprint density at radius 2 is 2.00 bits per heavy atom. The van der Waals surface area contributed by atoms with Gasteiger partial charge in [-0.15, -0.1) is 0 Å². The lowest BCUT2D eigenvalue weighted by molar-refractivity contribution is 0.629. The number of benzene rings is 2. The molecule has 3 aromatic rings. The third-order valence-corrected chi connectivity index (χ3v) is 4.34. The van der Waals surface area contributed by atoms with Crippen molar-refractivity contribution in [2.24, 2.45) is 0 Å². The minimum absolute atomic E-state index is 0.216. The highest BCUT2D eigenvalue weighted by Gasteiger charge is 2.08. The monoisotopic (exact) mass is 286 g/mol. The van der Waals surface area contributed by atoms with Crippen LogP contribution in [0.15, 0.2) is 58.5 Å². The molecule has 102 valence electrons. The number of halogens is 1. The molecule has 0 aliphatic carbocycles. The van der Waals surface area contributed by atoms with Gasteiger partial charge in [-0.2, -0.15) is 0 Å². The van der Waals surface area contributed by atoms with Crippen LogP contribution in [0, 0.1) is 5.82 Å². The summed E-state index contributed by atoms with van der Waals surface area (Å²) in [6.07, 6.45) is 1.94. The highest BCUT2D eigenvalue weighted by molar-refractivity contribution is 7.99. The molecule has 0 spiro atoms. The molecular formula is C16H15FN2S. The fraction of sp³-hybridized carbons (Fsp3) is 0.125. The van der Waals surface area contributed by atoms with E-state index in [4.69, 9.17) is 0 Å². The minimum atomic E-state index is -0.216. The first-order valence-corrected chi connectivity index (χ1v) is 7.26. The van der Waals surface area contributed by atoms with Crippen LogP contribution in [0.2, 0.25) is 0 Å². The molecule has 0 aliphatic rings. The molecule has 2 N–H and O–H groups in total. The van der Waals surface area contributed by atoms with Crippen LogP contribution in [0.3, 0.4) is 0 Å². The standard InChI is InChI=1S/C16H15FN2S/c1-18-9-11-4-2-3-5-15(11)20-16-10-19-14-8-12(17)6-7-13(14)16/h2-8,10,18-19H,9H2,1H3. The van der Waals surface area contributed by atoms with Crippen molar-refractivity contribution >= 4 is 22.7 Å². The van der Waals surface area contributed by atoms with E-state index in [2.05, 4.69) is 22.4 Å². The second-order valence-electron chi connectivity index (χ2n) is 4.58. The molecule has 2 aromatic carbocycles. The first kappa shape index (κ1) is 13.2. The topological polar surface area (TPSA) is 27.8 Å². The Hall–Kier alpha value is -1.78. The molecule has 0 aliphatic heterocycles. The Bertz CT molecular complexity index is 736. The van der Waals surface area contributed by atoms with Crippen LogP contribution in [0.5, 0.6) is 0 Å². The normalized spacial score (nSPS) is 11.1. The second-order valence-corrected chi connectivity index (χ2v) is 5.67. The third kappa shape index (κ3) is 2.57. The predicted octanol–water partition coefficient (Wildman–Crippen LogP) is 4.18. The zero-order chi connectivity index (χ0) is 13.9. The Balaban J connectivity index is 1.97. The van der Waals surface area contributed by atoms with Gasteiger partial charge in [0.25, 0.3) is 0 Å². The lowest BCUT2D eigenvalue weighted by Gasteiger charge is -2.07. The van der Waals surface area contributed by atoms with Gasteiger partial charge in [0.15, 0.2) is 0 Å². The summed E-state index contributed by atoms with van der Waals surface area (Å²) in [6, 6.07) is 13.2. The van der Waals surface area contributed by atoms with E-state index in [1.54, 1.807) is 11.8 Å². The molecule has 20 heavy (non-hydrogen) atoms. The Kier molecular flexibility index (Phi) is 3.76. The maximum Gasteiger partial charge on any atom is 0.125 e. The van der Waals surface area contributed by atoms with Crippen LogP contribution in [-0.2, 0) is 6.54 Å². The second kappa shape index (κ2) is 5.69. The molecule has 3 rings (SSSR count). The van der Waals surface area contributed by atoms with Crippen molar-refractivity contribution in [3.05, 3.63) is 60.0 Å². The van der Waals surface area contributed by atoms with E-state index in [9.17, 15) is 4.39 Å². The molecule has 0 amide bonds. The van der Waals surface area contributed by atoms with E-state index >= 15 is 0 Å². The summed E-state index contributed by atoms with van der Waals surface area (Å²) in [5.74, 6) is -0.216. The molecule has 0 radical (unpaired) electrons. The largest absolute Gasteiger partial charge is 0.360 e.